The maximum absolute atomic E-state index is 6.23. The van der Waals surface area contributed by atoms with E-state index in [2.05, 4.69) is 24.0 Å². The monoisotopic (exact) mass is 303 g/mol. The lowest BCUT2D eigenvalue weighted by Gasteiger charge is -2.24. The van der Waals surface area contributed by atoms with Gasteiger partial charge in [-0.3, -0.25) is 0 Å². The fourth-order valence-electron chi connectivity index (χ4n) is 2.24. The van der Waals surface area contributed by atoms with Crippen LogP contribution in [0.25, 0.3) is 0 Å². The van der Waals surface area contributed by atoms with Gasteiger partial charge in [-0.05, 0) is 37.1 Å². The normalized spacial score (nSPS) is 21.8. The summed E-state index contributed by atoms with van der Waals surface area (Å²) < 4.78 is 0. The van der Waals surface area contributed by atoms with Crippen LogP contribution in [0.4, 0.5) is 0 Å². The minimum Gasteiger partial charge on any atom is -0.309 e. The van der Waals surface area contributed by atoms with E-state index in [1.807, 2.05) is 18.2 Å². The Morgan fingerprint density at radius 2 is 2.22 bits per heavy atom. The van der Waals surface area contributed by atoms with E-state index in [0.29, 0.717) is 10.0 Å². The summed E-state index contributed by atoms with van der Waals surface area (Å²) in [6.07, 6.45) is 4.07. The van der Waals surface area contributed by atoms with Gasteiger partial charge in [-0.1, -0.05) is 41.8 Å². The fourth-order valence-corrected chi connectivity index (χ4v) is 3.96. The van der Waals surface area contributed by atoms with Gasteiger partial charge >= 0.3 is 0 Å². The molecule has 0 aromatic heterocycles. The van der Waals surface area contributed by atoms with Gasteiger partial charge in [0, 0.05) is 17.8 Å². The molecule has 1 nitrogen and oxygen atoms in total. The van der Waals surface area contributed by atoms with Crippen molar-refractivity contribution in [1.29, 1.82) is 0 Å². The van der Waals surface area contributed by atoms with Crippen molar-refractivity contribution in [3.63, 3.8) is 0 Å². The van der Waals surface area contributed by atoms with E-state index in [9.17, 15) is 0 Å². The van der Waals surface area contributed by atoms with Crippen LogP contribution in [0.1, 0.15) is 37.8 Å². The van der Waals surface area contributed by atoms with Crippen LogP contribution in [-0.2, 0) is 0 Å². The Morgan fingerprint density at radius 3 is 2.94 bits per heavy atom. The first-order valence-electron chi connectivity index (χ1n) is 6.47. The molecule has 4 heteroatoms. The zero-order valence-corrected chi connectivity index (χ0v) is 12.9. The number of hydrogen-bond donors (Lipinski definition) is 1. The van der Waals surface area contributed by atoms with Crippen LogP contribution in [0.3, 0.4) is 0 Å². The van der Waals surface area contributed by atoms with E-state index < -0.39 is 0 Å². The molecular weight excluding hydrogens is 285 g/mol. The largest absolute Gasteiger partial charge is 0.309 e. The van der Waals surface area contributed by atoms with Gasteiger partial charge in [0.1, 0.15) is 0 Å². The molecule has 2 atom stereocenters. The fraction of sp³-hybridized carbons (Fsp3) is 0.571. The standard InChI is InChI=1S/C14H19Cl2NS/c1-10(12-6-4-7-13(15)14(12)16)17-9-11-5-2-3-8-18-11/h4,6-7,10-11,17H,2-3,5,8-9H2,1H3. The molecule has 2 unspecified atom stereocenters. The quantitative estimate of drug-likeness (QED) is 0.846. The molecular formula is C14H19Cl2NS. The third-order valence-electron chi connectivity index (χ3n) is 3.37. The molecule has 0 bridgehead atoms. The molecule has 1 saturated heterocycles. The summed E-state index contributed by atoms with van der Waals surface area (Å²) in [4.78, 5) is 0. The van der Waals surface area contributed by atoms with Crippen LogP contribution in [0.5, 0.6) is 0 Å². The van der Waals surface area contributed by atoms with Crippen LogP contribution in [0.15, 0.2) is 18.2 Å². The molecule has 1 aromatic rings. The highest BCUT2D eigenvalue weighted by molar-refractivity contribution is 7.99. The number of thioether (sulfide) groups is 1. The van der Waals surface area contributed by atoms with Gasteiger partial charge in [0.2, 0.25) is 0 Å². The van der Waals surface area contributed by atoms with Gasteiger partial charge in [0.15, 0.2) is 0 Å². The van der Waals surface area contributed by atoms with Crippen molar-refractivity contribution in [1.82, 2.24) is 5.32 Å². The molecule has 0 amide bonds. The molecule has 1 aromatic carbocycles. The Labute approximate surface area is 124 Å². The Bertz CT molecular complexity index is 391. The smallest absolute Gasteiger partial charge is 0.0639 e. The van der Waals surface area contributed by atoms with E-state index in [1.54, 1.807) is 0 Å². The highest BCUT2D eigenvalue weighted by Gasteiger charge is 2.16. The van der Waals surface area contributed by atoms with E-state index in [4.69, 9.17) is 23.2 Å². The first-order valence-corrected chi connectivity index (χ1v) is 8.28. The summed E-state index contributed by atoms with van der Waals surface area (Å²) in [5, 5.41) is 5.63. The van der Waals surface area contributed by atoms with Crippen molar-refractivity contribution >= 4 is 35.0 Å². The summed E-state index contributed by atoms with van der Waals surface area (Å²) in [7, 11) is 0. The molecule has 1 aliphatic rings. The van der Waals surface area contributed by atoms with Crippen molar-refractivity contribution in [2.75, 3.05) is 12.3 Å². The number of rotatable bonds is 4. The second-order valence-electron chi connectivity index (χ2n) is 4.76. The third-order valence-corrected chi connectivity index (χ3v) is 5.61. The zero-order valence-electron chi connectivity index (χ0n) is 10.6. The molecule has 2 rings (SSSR count). The number of benzene rings is 1. The third kappa shape index (κ3) is 3.80. The Kier molecular flexibility index (Phi) is 5.68. The van der Waals surface area contributed by atoms with Crippen molar-refractivity contribution in [2.24, 2.45) is 0 Å². The topological polar surface area (TPSA) is 12.0 Å². The minimum atomic E-state index is 0.249. The summed E-state index contributed by atoms with van der Waals surface area (Å²) in [6.45, 7) is 3.19. The maximum Gasteiger partial charge on any atom is 0.0639 e. The molecule has 1 aliphatic heterocycles. The molecule has 1 heterocycles. The van der Waals surface area contributed by atoms with Gasteiger partial charge in [-0.2, -0.15) is 11.8 Å². The molecule has 0 radical (unpaired) electrons. The van der Waals surface area contributed by atoms with Gasteiger partial charge in [-0.25, -0.2) is 0 Å². The molecule has 0 aliphatic carbocycles. The average Bonchev–Trinajstić information content (AvgIpc) is 2.40. The summed E-state index contributed by atoms with van der Waals surface area (Å²) in [5.74, 6) is 1.30. The van der Waals surface area contributed by atoms with Crippen molar-refractivity contribution in [3.05, 3.63) is 33.8 Å². The van der Waals surface area contributed by atoms with E-state index in [-0.39, 0.29) is 6.04 Å². The Balaban J connectivity index is 1.90. The minimum absolute atomic E-state index is 0.249. The van der Waals surface area contributed by atoms with Crippen molar-refractivity contribution in [3.8, 4) is 0 Å². The number of halogens is 2. The number of nitrogens with one attached hydrogen (secondary N) is 1. The van der Waals surface area contributed by atoms with E-state index in [0.717, 1.165) is 17.4 Å². The van der Waals surface area contributed by atoms with Crippen LogP contribution in [0, 0.1) is 0 Å². The molecule has 100 valence electrons. The SMILES string of the molecule is CC(NCC1CCCCS1)c1cccc(Cl)c1Cl. The predicted molar refractivity (Wildman–Crippen MR) is 83.0 cm³/mol. The van der Waals surface area contributed by atoms with Crippen molar-refractivity contribution in [2.45, 2.75) is 37.5 Å². The summed E-state index contributed by atoms with van der Waals surface area (Å²) >= 11 is 14.4. The molecule has 0 saturated carbocycles. The van der Waals surface area contributed by atoms with Gasteiger partial charge in [-0.15, -0.1) is 0 Å². The molecule has 0 spiro atoms. The van der Waals surface area contributed by atoms with Gasteiger partial charge in [0.25, 0.3) is 0 Å². The van der Waals surface area contributed by atoms with Crippen LogP contribution in [0.2, 0.25) is 10.0 Å². The van der Waals surface area contributed by atoms with E-state index >= 15 is 0 Å². The zero-order chi connectivity index (χ0) is 13.0. The lowest BCUT2D eigenvalue weighted by Crippen LogP contribution is -2.29. The first kappa shape index (κ1) is 14.5. The second-order valence-corrected chi connectivity index (χ2v) is 6.95. The lowest BCUT2D eigenvalue weighted by atomic mass is 10.1. The summed E-state index contributed by atoms with van der Waals surface area (Å²) in [5.41, 5.74) is 1.09. The Morgan fingerprint density at radius 1 is 1.39 bits per heavy atom. The van der Waals surface area contributed by atoms with Gasteiger partial charge in [0.05, 0.1) is 10.0 Å². The van der Waals surface area contributed by atoms with Crippen LogP contribution >= 0.6 is 35.0 Å². The molecule has 18 heavy (non-hydrogen) atoms. The van der Waals surface area contributed by atoms with Crippen molar-refractivity contribution < 1.29 is 0 Å². The van der Waals surface area contributed by atoms with Crippen LogP contribution < -0.4 is 5.32 Å². The molecule has 1 fully saturated rings. The second kappa shape index (κ2) is 7.04. The predicted octanol–water partition coefficient (Wildman–Crippen LogP) is 4.93. The highest BCUT2D eigenvalue weighted by Crippen LogP contribution is 2.30. The summed E-state index contributed by atoms with van der Waals surface area (Å²) in [6, 6.07) is 6.08. The average molecular weight is 304 g/mol. The number of hydrogen-bond acceptors (Lipinski definition) is 2. The maximum atomic E-state index is 6.23. The van der Waals surface area contributed by atoms with Crippen LogP contribution in [-0.4, -0.2) is 17.5 Å². The van der Waals surface area contributed by atoms with E-state index in [1.165, 1.54) is 25.0 Å². The first-order chi connectivity index (χ1) is 8.68. The van der Waals surface area contributed by atoms with Gasteiger partial charge < -0.3 is 5.32 Å². The lowest BCUT2D eigenvalue weighted by molar-refractivity contribution is 0.538. The highest BCUT2D eigenvalue weighted by atomic mass is 35.5. The molecule has 1 N–H and O–H groups in total. The Hall–Kier alpha value is 0.110.